The van der Waals surface area contributed by atoms with Gasteiger partial charge in [0.1, 0.15) is 11.2 Å². The van der Waals surface area contributed by atoms with Gasteiger partial charge in [-0.25, -0.2) is 0 Å². The van der Waals surface area contributed by atoms with E-state index in [2.05, 4.69) is 173 Å². The van der Waals surface area contributed by atoms with Gasteiger partial charge in [-0.05, 0) is 92.0 Å². The van der Waals surface area contributed by atoms with Crippen molar-refractivity contribution in [2.24, 2.45) is 0 Å². The molecule has 9 rings (SSSR count). The van der Waals surface area contributed by atoms with Crippen LogP contribution < -0.4 is 4.90 Å². The molecule has 1 aromatic heterocycles. The lowest BCUT2D eigenvalue weighted by Gasteiger charge is -2.30. The highest BCUT2D eigenvalue weighted by Gasteiger charge is 2.35. The maximum Gasteiger partial charge on any atom is 0.137 e. The van der Waals surface area contributed by atoms with Crippen LogP contribution >= 0.6 is 0 Å². The summed E-state index contributed by atoms with van der Waals surface area (Å²) in [5.41, 5.74) is 14.2. The molecule has 0 N–H and O–H groups in total. The van der Waals surface area contributed by atoms with Gasteiger partial charge >= 0.3 is 0 Å². The van der Waals surface area contributed by atoms with Crippen molar-refractivity contribution in [1.82, 2.24) is 0 Å². The number of hydrogen-bond acceptors (Lipinski definition) is 2. The number of para-hydroxylation sites is 1. The Morgan fingerprint density at radius 2 is 1.20 bits per heavy atom. The Balaban J connectivity index is 1.31. The Labute approximate surface area is 288 Å². The fourth-order valence-corrected chi connectivity index (χ4v) is 8.00. The molecule has 0 aliphatic heterocycles. The largest absolute Gasteiger partial charge is 0.456 e. The molecule has 1 heterocycles. The van der Waals surface area contributed by atoms with Crippen LogP contribution in [0.4, 0.5) is 17.1 Å². The van der Waals surface area contributed by atoms with Crippen LogP contribution in [0.25, 0.3) is 55.0 Å². The minimum Gasteiger partial charge on any atom is -0.456 e. The van der Waals surface area contributed by atoms with Gasteiger partial charge in [-0.2, -0.15) is 0 Å². The van der Waals surface area contributed by atoms with Crippen molar-refractivity contribution < 1.29 is 4.42 Å². The van der Waals surface area contributed by atoms with Crippen molar-refractivity contribution in [3.8, 4) is 22.3 Å². The number of fused-ring (bicyclic) bond motifs is 7. The molecule has 0 saturated heterocycles. The summed E-state index contributed by atoms with van der Waals surface area (Å²) in [5.74, 6) is 0. The molecule has 7 aromatic carbocycles. The Hall–Kier alpha value is -5.60. The molecule has 238 valence electrons. The molecule has 0 saturated carbocycles. The van der Waals surface area contributed by atoms with E-state index in [1.807, 2.05) is 12.1 Å². The van der Waals surface area contributed by atoms with Gasteiger partial charge in [-0.15, -0.1) is 0 Å². The SMILES string of the molecule is CC(C)(C)c1ccc(N(c2ccc3c(c2)oc2ccccc23)c2ccc3ccccc3c2-c2ccc3c(c2)C(C)(C)c2ccccc2-3)cc1. The second kappa shape index (κ2) is 10.7. The Morgan fingerprint density at radius 1 is 0.531 bits per heavy atom. The Morgan fingerprint density at radius 3 is 2.02 bits per heavy atom. The topological polar surface area (TPSA) is 16.4 Å². The van der Waals surface area contributed by atoms with Crippen molar-refractivity contribution in [3.63, 3.8) is 0 Å². The fraction of sp³-hybridized carbons (Fsp3) is 0.149. The summed E-state index contributed by atoms with van der Waals surface area (Å²) >= 11 is 0. The number of benzene rings is 7. The van der Waals surface area contributed by atoms with Gasteiger partial charge in [0.15, 0.2) is 0 Å². The van der Waals surface area contributed by atoms with Gasteiger partial charge in [-0.1, -0.05) is 132 Å². The summed E-state index contributed by atoms with van der Waals surface area (Å²) in [6, 6.07) is 53.4. The van der Waals surface area contributed by atoms with Gasteiger partial charge in [0.05, 0.1) is 5.69 Å². The normalized spacial score (nSPS) is 13.6. The summed E-state index contributed by atoms with van der Waals surface area (Å²) in [7, 11) is 0. The predicted octanol–water partition coefficient (Wildman–Crippen LogP) is 13.5. The standard InChI is InChI=1S/C47H39NO/c1-46(2,3)32-20-22-33(23-21-32)48(34-24-26-39-38-15-9-11-17-43(38)49-44(39)29-34)42-27-19-30-12-6-7-13-35(30)45(42)31-18-25-37-36-14-8-10-16-40(36)47(4,5)41(37)28-31/h6-29H,1-5H3. The van der Waals surface area contributed by atoms with Crippen LogP contribution in [0.15, 0.2) is 150 Å². The third kappa shape index (κ3) is 4.62. The van der Waals surface area contributed by atoms with Crippen molar-refractivity contribution in [3.05, 3.63) is 162 Å². The van der Waals surface area contributed by atoms with Gasteiger partial charge < -0.3 is 9.32 Å². The summed E-state index contributed by atoms with van der Waals surface area (Å²) < 4.78 is 6.44. The van der Waals surface area contributed by atoms with Crippen LogP contribution in [-0.2, 0) is 10.8 Å². The molecular weight excluding hydrogens is 595 g/mol. The molecule has 0 amide bonds. The van der Waals surface area contributed by atoms with E-state index in [4.69, 9.17) is 4.42 Å². The zero-order valence-electron chi connectivity index (χ0n) is 28.7. The highest BCUT2D eigenvalue weighted by Crippen LogP contribution is 2.52. The van der Waals surface area contributed by atoms with Crippen molar-refractivity contribution in [2.75, 3.05) is 4.90 Å². The molecule has 1 aliphatic rings. The second-order valence-corrected chi connectivity index (χ2v) is 15.0. The first-order chi connectivity index (χ1) is 23.7. The Kier molecular flexibility index (Phi) is 6.45. The van der Waals surface area contributed by atoms with Crippen molar-refractivity contribution >= 4 is 49.8 Å². The van der Waals surface area contributed by atoms with Gasteiger partial charge in [0, 0.05) is 39.2 Å². The van der Waals surface area contributed by atoms with Crippen LogP contribution in [-0.4, -0.2) is 0 Å². The molecule has 0 unspecified atom stereocenters. The van der Waals surface area contributed by atoms with Crippen LogP contribution in [0.2, 0.25) is 0 Å². The van der Waals surface area contributed by atoms with Crippen molar-refractivity contribution in [2.45, 2.75) is 45.4 Å². The van der Waals surface area contributed by atoms with Gasteiger partial charge in [-0.3, -0.25) is 0 Å². The number of rotatable bonds is 4. The molecule has 2 heteroatoms. The molecule has 0 fully saturated rings. The van der Waals surface area contributed by atoms with Crippen molar-refractivity contribution in [1.29, 1.82) is 0 Å². The average Bonchev–Trinajstić information content (AvgIpc) is 3.59. The summed E-state index contributed by atoms with van der Waals surface area (Å²) in [6.07, 6.45) is 0. The highest BCUT2D eigenvalue weighted by atomic mass is 16.3. The van der Waals surface area contributed by atoms with E-state index in [0.29, 0.717) is 0 Å². The van der Waals surface area contributed by atoms with Crippen LogP contribution in [0, 0.1) is 0 Å². The molecule has 1 aliphatic carbocycles. The molecule has 2 nitrogen and oxygen atoms in total. The quantitative estimate of drug-likeness (QED) is 0.192. The molecular formula is C47H39NO. The summed E-state index contributed by atoms with van der Waals surface area (Å²) in [5, 5.41) is 4.72. The van der Waals surface area contributed by atoms with E-state index in [1.165, 1.54) is 49.7 Å². The van der Waals surface area contributed by atoms with Crippen LogP contribution in [0.1, 0.15) is 51.3 Å². The van der Waals surface area contributed by atoms with E-state index < -0.39 is 0 Å². The average molecular weight is 634 g/mol. The first-order valence-electron chi connectivity index (χ1n) is 17.3. The molecule has 0 radical (unpaired) electrons. The summed E-state index contributed by atoms with van der Waals surface area (Å²) in [6.45, 7) is 11.5. The third-order valence-corrected chi connectivity index (χ3v) is 10.6. The van der Waals surface area contributed by atoms with Crippen LogP contribution in [0.5, 0.6) is 0 Å². The van der Waals surface area contributed by atoms with E-state index in [0.717, 1.165) is 39.0 Å². The lowest BCUT2D eigenvalue weighted by molar-refractivity contribution is 0.590. The number of furan rings is 1. The minimum absolute atomic E-state index is 0.0550. The third-order valence-electron chi connectivity index (χ3n) is 10.6. The molecule has 8 aromatic rings. The highest BCUT2D eigenvalue weighted by molar-refractivity contribution is 6.08. The molecule has 49 heavy (non-hydrogen) atoms. The van der Waals surface area contributed by atoms with Gasteiger partial charge in [0.25, 0.3) is 0 Å². The minimum atomic E-state index is -0.0957. The molecule has 0 atom stereocenters. The van der Waals surface area contributed by atoms with E-state index in [-0.39, 0.29) is 10.8 Å². The predicted molar refractivity (Wildman–Crippen MR) is 208 cm³/mol. The molecule has 0 spiro atoms. The zero-order chi connectivity index (χ0) is 33.5. The lowest BCUT2D eigenvalue weighted by Crippen LogP contribution is -2.15. The monoisotopic (exact) mass is 633 g/mol. The van der Waals surface area contributed by atoms with Gasteiger partial charge in [0.2, 0.25) is 0 Å². The fourth-order valence-electron chi connectivity index (χ4n) is 8.00. The maximum atomic E-state index is 6.44. The van der Waals surface area contributed by atoms with Crippen LogP contribution in [0.3, 0.4) is 0 Å². The van der Waals surface area contributed by atoms with E-state index in [1.54, 1.807) is 0 Å². The first-order valence-corrected chi connectivity index (χ1v) is 17.3. The zero-order valence-corrected chi connectivity index (χ0v) is 28.7. The lowest BCUT2D eigenvalue weighted by atomic mass is 9.81. The van der Waals surface area contributed by atoms with E-state index >= 15 is 0 Å². The Bertz CT molecular complexity index is 2560. The number of hydrogen-bond donors (Lipinski definition) is 0. The van der Waals surface area contributed by atoms with E-state index in [9.17, 15) is 0 Å². The number of nitrogens with zero attached hydrogens (tertiary/aromatic N) is 1. The molecule has 0 bridgehead atoms. The summed E-state index contributed by atoms with van der Waals surface area (Å²) in [4.78, 5) is 2.41. The maximum absolute atomic E-state index is 6.44. The smallest absolute Gasteiger partial charge is 0.137 e. The second-order valence-electron chi connectivity index (χ2n) is 15.0. The number of anilines is 3. The first kappa shape index (κ1) is 29.5.